The van der Waals surface area contributed by atoms with Crippen LogP contribution in [0.1, 0.15) is 65.7 Å². The topological polar surface area (TPSA) is 86.7 Å². The van der Waals surface area contributed by atoms with Crippen molar-refractivity contribution in [3.8, 4) is 11.1 Å². The Morgan fingerprint density at radius 1 is 0.891 bits per heavy atom. The fourth-order valence-electron chi connectivity index (χ4n) is 5.81. The van der Waals surface area contributed by atoms with E-state index in [1.54, 1.807) is 24.3 Å². The average Bonchev–Trinajstić information content (AvgIpc) is 3.04. The maximum atomic E-state index is 13.8. The van der Waals surface area contributed by atoms with Crippen molar-refractivity contribution in [1.29, 1.82) is 0 Å². The summed E-state index contributed by atoms with van der Waals surface area (Å²) in [4.78, 5) is 39.8. The molecule has 2 amide bonds. The number of carboxylic acid groups (broad SMARTS) is 1. The van der Waals surface area contributed by atoms with Crippen LogP contribution in [0.3, 0.4) is 0 Å². The third-order valence-electron chi connectivity index (χ3n) is 8.43. The standard InChI is InChI=1S/C39H39ClN2O4/c1-25-23-32(40)15-18-34(25)29-13-16-33(17-14-29)41-36(43)35(24-26-5-7-31(8-6-26)37(44)45)30-11-9-27(10-12-30)28-19-21-42(22-20-28)38(46)39(2,3)4/h5-19,23,35H,20-22,24H2,1-4H3,(H,41,43)(H,44,45)/t35-/m1/s1. The number of rotatable bonds is 8. The van der Waals surface area contributed by atoms with Gasteiger partial charge in [-0.25, -0.2) is 4.79 Å². The van der Waals surface area contributed by atoms with Crippen molar-refractivity contribution in [2.24, 2.45) is 5.41 Å². The highest BCUT2D eigenvalue weighted by Crippen LogP contribution is 2.30. The van der Waals surface area contributed by atoms with Gasteiger partial charge in [-0.1, -0.05) is 93.0 Å². The van der Waals surface area contributed by atoms with Gasteiger partial charge in [0.1, 0.15) is 0 Å². The van der Waals surface area contributed by atoms with Crippen LogP contribution in [0.4, 0.5) is 5.69 Å². The number of carbonyl (C=O) groups excluding carboxylic acids is 2. The maximum absolute atomic E-state index is 13.8. The number of carboxylic acids is 1. The molecule has 2 N–H and O–H groups in total. The zero-order valence-electron chi connectivity index (χ0n) is 26.6. The molecule has 0 bridgehead atoms. The van der Waals surface area contributed by atoms with Crippen molar-refractivity contribution in [2.45, 2.75) is 46.5 Å². The fourth-order valence-corrected chi connectivity index (χ4v) is 6.04. The van der Waals surface area contributed by atoms with Crippen LogP contribution in [-0.4, -0.2) is 40.9 Å². The van der Waals surface area contributed by atoms with Crippen molar-refractivity contribution in [3.05, 3.63) is 130 Å². The Bertz CT molecular complexity index is 1770. The molecule has 4 aromatic carbocycles. The molecule has 0 aromatic heterocycles. The number of nitrogens with zero attached hydrogens (tertiary/aromatic N) is 1. The van der Waals surface area contributed by atoms with Crippen LogP contribution >= 0.6 is 11.6 Å². The van der Waals surface area contributed by atoms with Crippen LogP contribution in [0.25, 0.3) is 16.7 Å². The van der Waals surface area contributed by atoms with Crippen molar-refractivity contribution in [3.63, 3.8) is 0 Å². The lowest BCUT2D eigenvalue weighted by Gasteiger charge is -2.32. The largest absolute Gasteiger partial charge is 0.478 e. The van der Waals surface area contributed by atoms with Gasteiger partial charge in [0.2, 0.25) is 11.8 Å². The number of benzene rings is 4. The quantitative estimate of drug-likeness (QED) is 0.203. The lowest BCUT2D eigenvalue weighted by molar-refractivity contribution is -0.139. The SMILES string of the molecule is Cc1cc(Cl)ccc1-c1ccc(NC(=O)[C@H](Cc2ccc(C(=O)O)cc2)c2ccc(C3=CCN(C(=O)C(C)(C)C)CC3)cc2)cc1. The number of hydrogen-bond donors (Lipinski definition) is 2. The minimum absolute atomic E-state index is 0.151. The van der Waals surface area contributed by atoms with Crippen LogP contribution in [-0.2, 0) is 16.0 Å². The fraction of sp³-hybridized carbons (Fsp3) is 0.256. The van der Waals surface area contributed by atoms with E-state index in [2.05, 4.69) is 11.4 Å². The summed E-state index contributed by atoms with van der Waals surface area (Å²) in [6, 6.07) is 28.3. The molecule has 0 unspecified atom stereocenters. The first-order valence-electron chi connectivity index (χ1n) is 15.5. The Balaban J connectivity index is 1.36. The third kappa shape index (κ3) is 7.75. The predicted octanol–water partition coefficient (Wildman–Crippen LogP) is 8.64. The molecule has 1 atom stereocenters. The summed E-state index contributed by atoms with van der Waals surface area (Å²) in [5, 5.41) is 13.1. The van der Waals surface area contributed by atoms with E-state index in [1.807, 2.05) is 99.3 Å². The van der Waals surface area contributed by atoms with Crippen LogP contribution in [0, 0.1) is 12.3 Å². The molecule has 0 radical (unpaired) electrons. The molecule has 6 nitrogen and oxygen atoms in total. The number of carbonyl (C=O) groups is 3. The highest BCUT2D eigenvalue weighted by atomic mass is 35.5. The molecule has 0 saturated carbocycles. The molecule has 1 aliphatic rings. The van der Waals surface area contributed by atoms with Crippen LogP contribution in [0.5, 0.6) is 0 Å². The average molecular weight is 635 g/mol. The maximum Gasteiger partial charge on any atom is 0.335 e. The van der Waals surface area contributed by atoms with Gasteiger partial charge in [0.15, 0.2) is 0 Å². The second-order valence-corrected chi connectivity index (χ2v) is 13.3. The first-order chi connectivity index (χ1) is 21.9. The van der Waals surface area contributed by atoms with Crippen molar-refractivity contribution in [2.75, 3.05) is 18.4 Å². The Hall–Kier alpha value is -4.68. The van der Waals surface area contributed by atoms with Crippen molar-refractivity contribution < 1.29 is 19.5 Å². The lowest BCUT2D eigenvalue weighted by Crippen LogP contribution is -2.41. The summed E-state index contributed by atoms with van der Waals surface area (Å²) in [7, 11) is 0. The van der Waals surface area contributed by atoms with Gasteiger partial charge in [0.05, 0.1) is 11.5 Å². The minimum atomic E-state index is -0.989. The first-order valence-corrected chi connectivity index (χ1v) is 15.9. The van der Waals surface area contributed by atoms with E-state index < -0.39 is 17.3 Å². The molecule has 4 aromatic rings. The summed E-state index contributed by atoms with van der Waals surface area (Å²) in [5.74, 6) is -1.50. The summed E-state index contributed by atoms with van der Waals surface area (Å²) >= 11 is 6.13. The van der Waals surface area contributed by atoms with Crippen molar-refractivity contribution >= 4 is 40.6 Å². The molecule has 236 valence electrons. The zero-order chi connectivity index (χ0) is 33.0. The van der Waals surface area contributed by atoms with E-state index in [0.717, 1.165) is 39.8 Å². The second-order valence-electron chi connectivity index (χ2n) is 12.9. The van der Waals surface area contributed by atoms with E-state index in [0.29, 0.717) is 30.2 Å². The van der Waals surface area contributed by atoms with Gasteiger partial charge in [0.25, 0.3) is 0 Å². The van der Waals surface area contributed by atoms with Crippen LogP contribution in [0.15, 0.2) is 97.1 Å². The number of hydrogen-bond acceptors (Lipinski definition) is 3. The Labute approximate surface area is 275 Å². The Morgan fingerprint density at radius 2 is 1.54 bits per heavy atom. The van der Waals surface area contributed by atoms with Gasteiger partial charge >= 0.3 is 5.97 Å². The molecule has 7 heteroatoms. The van der Waals surface area contributed by atoms with E-state index in [1.165, 1.54) is 5.57 Å². The molecular weight excluding hydrogens is 596 g/mol. The molecule has 1 aliphatic heterocycles. The van der Waals surface area contributed by atoms with E-state index >= 15 is 0 Å². The zero-order valence-corrected chi connectivity index (χ0v) is 27.4. The highest BCUT2D eigenvalue weighted by molar-refractivity contribution is 6.30. The number of halogens is 1. The Morgan fingerprint density at radius 3 is 2.11 bits per heavy atom. The smallest absolute Gasteiger partial charge is 0.335 e. The van der Waals surface area contributed by atoms with E-state index in [-0.39, 0.29) is 17.4 Å². The van der Waals surface area contributed by atoms with Gasteiger partial charge in [-0.15, -0.1) is 0 Å². The number of amides is 2. The summed E-state index contributed by atoms with van der Waals surface area (Å²) in [6.45, 7) is 9.11. The molecule has 1 heterocycles. The summed E-state index contributed by atoms with van der Waals surface area (Å²) < 4.78 is 0. The molecule has 46 heavy (non-hydrogen) atoms. The normalized spacial score (nSPS) is 13.9. The molecule has 5 rings (SSSR count). The van der Waals surface area contributed by atoms with Gasteiger partial charge in [-0.2, -0.15) is 0 Å². The minimum Gasteiger partial charge on any atom is -0.478 e. The molecule has 0 fully saturated rings. The van der Waals surface area contributed by atoms with Gasteiger partial charge < -0.3 is 15.3 Å². The van der Waals surface area contributed by atoms with E-state index in [9.17, 15) is 19.5 Å². The lowest BCUT2D eigenvalue weighted by atomic mass is 9.88. The highest BCUT2D eigenvalue weighted by Gasteiger charge is 2.28. The van der Waals surface area contributed by atoms with Crippen LogP contribution in [0.2, 0.25) is 5.02 Å². The van der Waals surface area contributed by atoms with Crippen molar-refractivity contribution in [1.82, 2.24) is 4.90 Å². The number of nitrogens with one attached hydrogen (secondary N) is 1. The van der Waals surface area contributed by atoms with Gasteiger partial charge in [0, 0.05) is 29.2 Å². The molecule has 0 aliphatic carbocycles. The first kappa shape index (κ1) is 32.7. The van der Waals surface area contributed by atoms with E-state index in [4.69, 9.17) is 11.6 Å². The van der Waals surface area contributed by atoms with Gasteiger partial charge in [-0.3, -0.25) is 9.59 Å². The Kier molecular flexibility index (Phi) is 9.78. The summed E-state index contributed by atoms with van der Waals surface area (Å²) in [6.07, 6.45) is 3.29. The number of anilines is 1. The second kappa shape index (κ2) is 13.8. The predicted molar refractivity (Wildman–Crippen MR) is 185 cm³/mol. The summed E-state index contributed by atoms with van der Waals surface area (Å²) in [5.41, 5.74) is 7.64. The molecule has 0 spiro atoms. The third-order valence-corrected chi connectivity index (χ3v) is 8.67. The van der Waals surface area contributed by atoms with Gasteiger partial charge in [-0.05, 0) is 95.1 Å². The monoisotopic (exact) mass is 634 g/mol. The number of aromatic carboxylic acids is 1. The molecular formula is C39H39ClN2O4. The molecule has 0 saturated heterocycles. The van der Waals surface area contributed by atoms with Crippen LogP contribution < -0.4 is 5.32 Å². The number of aryl methyl sites for hydroxylation is 1.